The van der Waals surface area contributed by atoms with Crippen molar-refractivity contribution in [3.63, 3.8) is 0 Å². The van der Waals surface area contributed by atoms with E-state index in [1.807, 2.05) is 11.0 Å². The van der Waals surface area contributed by atoms with Gasteiger partial charge in [-0.25, -0.2) is 0 Å². The fraction of sp³-hybridized carbons (Fsp3) is 0.500. The number of nitrogens with zero attached hydrogens (tertiary/aromatic N) is 2. The third-order valence-corrected chi connectivity index (χ3v) is 4.03. The molecule has 5 heteroatoms. The highest BCUT2D eigenvalue weighted by atomic mass is 16.3. The summed E-state index contributed by atoms with van der Waals surface area (Å²) in [5.74, 6) is 0.0582. The van der Waals surface area contributed by atoms with Crippen LogP contribution in [0.15, 0.2) is 17.3 Å². The van der Waals surface area contributed by atoms with Gasteiger partial charge in [0.25, 0.3) is 5.91 Å². The minimum atomic E-state index is 0.0582. The summed E-state index contributed by atoms with van der Waals surface area (Å²) in [6.45, 7) is 4.51. The van der Waals surface area contributed by atoms with Gasteiger partial charge in [-0.2, -0.15) is 4.91 Å². The average Bonchev–Trinajstić information content (AvgIpc) is 2.73. The summed E-state index contributed by atoms with van der Waals surface area (Å²) >= 11 is 0. The van der Waals surface area contributed by atoms with Crippen molar-refractivity contribution in [1.82, 2.24) is 10.2 Å². The SMILES string of the molecule is CCc1cc(CN=O)c2c(c1)C1CNCCN1C2=O. The summed E-state index contributed by atoms with van der Waals surface area (Å²) in [6, 6.07) is 4.18. The van der Waals surface area contributed by atoms with Crippen molar-refractivity contribution < 1.29 is 4.79 Å². The summed E-state index contributed by atoms with van der Waals surface area (Å²) in [5.41, 5.74) is 3.72. The molecule has 19 heavy (non-hydrogen) atoms. The molecule has 1 amide bonds. The maximum absolute atomic E-state index is 12.5. The van der Waals surface area contributed by atoms with Gasteiger partial charge in [-0.05, 0) is 23.1 Å². The topological polar surface area (TPSA) is 61.8 Å². The molecular weight excluding hydrogens is 242 g/mol. The number of rotatable bonds is 3. The zero-order valence-electron chi connectivity index (χ0n) is 11.0. The van der Waals surface area contributed by atoms with Crippen LogP contribution in [0, 0.1) is 4.91 Å². The first-order chi connectivity index (χ1) is 9.26. The summed E-state index contributed by atoms with van der Waals surface area (Å²) in [5, 5.41) is 6.30. The number of nitroso groups, excluding NO2 is 1. The van der Waals surface area contributed by atoms with Crippen molar-refractivity contribution in [2.75, 3.05) is 19.6 Å². The molecule has 2 heterocycles. The molecule has 0 bridgehead atoms. The van der Waals surface area contributed by atoms with Crippen LogP contribution in [0.2, 0.25) is 0 Å². The van der Waals surface area contributed by atoms with Gasteiger partial charge >= 0.3 is 0 Å². The van der Waals surface area contributed by atoms with E-state index in [2.05, 4.69) is 23.5 Å². The number of benzene rings is 1. The van der Waals surface area contributed by atoms with E-state index < -0.39 is 0 Å². The van der Waals surface area contributed by atoms with Gasteiger partial charge < -0.3 is 10.2 Å². The number of carbonyl (C=O) groups excluding carboxylic acids is 1. The van der Waals surface area contributed by atoms with E-state index in [1.54, 1.807) is 0 Å². The Morgan fingerprint density at radius 3 is 3.05 bits per heavy atom. The van der Waals surface area contributed by atoms with Crippen molar-refractivity contribution >= 4 is 5.91 Å². The molecule has 1 N–H and O–H groups in total. The maximum Gasteiger partial charge on any atom is 0.255 e. The van der Waals surface area contributed by atoms with Crippen LogP contribution < -0.4 is 5.32 Å². The van der Waals surface area contributed by atoms with Crippen LogP contribution in [0.4, 0.5) is 0 Å². The second kappa shape index (κ2) is 4.74. The molecule has 0 aromatic heterocycles. The number of aryl methyl sites for hydroxylation is 1. The molecule has 2 aliphatic rings. The Labute approximate surface area is 112 Å². The highest BCUT2D eigenvalue weighted by Gasteiger charge is 2.39. The van der Waals surface area contributed by atoms with Crippen LogP contribution in [0.3, 0.4) is 0 Å². The molecular formula is C14H17N3O2. The van der Waals surface area contributed by atoms with Crippen LogP contribution in [-0.4, -0.2) is 30.4 Å². The minimum Gasteiger partial charge on any atom is -0.329 e. The van der Waals surface area contributed by atoms with Crippen molar-refractivity contribution in [2.24, 2.45) is 5.18 Å². The predicted octanol–water partition coefficient (Wildman–Crippen LogP) is 1.62. The second-order valence-electron chi connectivity index (χ2n) is 5.08. The van der Waals surface area contributed by atoms with E-state index in [0.717, 1.165) is 42.7 Å². The molecule has 1 unspecified atom stereocenters. The van der Waals surface area contributed by atoms with Gasteiger partial charge in [0.1, 0.15) is 6.54 Å². The van der Waals surface area contributed by atoms with Gasteiger partial charge in [0.05, 0.1) is 11.6 Å². The Bertz CT molecular complexity index is 542. The smallest absolute Gasteiger partial charge is 0.255 e. The first-order valence-corrected chi connectivity index (χ1v) is 6.72. The molecule has 0 spiro atoms. The Morgan fingerprint density at radius 1 is 1.47 bits per heavy atom. The molecule has 1 aromatic rings. The van der Waals surface area contributed by atoms with E-state index in [0.29, 0.717) is 5.56 Å². The van der Waals surface area contributed by atoms with E-state index in [-0.39, 0.29) is 18.5 Å². The van der Waals surface area contributed by atoms with Gasteiger partial charge in [0, 0.05) is 19.6 Å². The molecule has 1 fully saturated rings. The summed E-state index contributed by atoms with van der Waals surface area (Å²) in [7, 11) is 0. The van der Waals surface area contributed by atoms with Gasteiger partial charge in [0.2, 0.25) is 0 Å². The molecule has 5 nitrogen and oxygen atoms in total. The molecule has 1 atom stereocenters. The van der Waals surface area contributed by atoms with Crippen LogP contribution in [0.5, 0.6) is 0 Å². The molecule has 0 radical (unpaired) electrons. The lowest BCUT2D eigenvalue weighted by molar-refractivity contribution is 0.0690. The first-order valence-electron chi connectivity index (χ1n) is 6.72. The quantitative estimate of drug-likeness (QED) is 0.839. The highest BCUT2D eigenvalue weighted by molar-refractivity contribution is 6.01. The van der Waals surface area contributed by atoms with Crippen molar-refractivity contribution in [1.29, 1.82) is 0 Å². The largest absolute Gasteiger partial charge is 0.329 e. The standard InChI is InChI=1S/C14H17N3O2/c1-2-9-5-10(7-16-19)13-11(6-9)12-8-15-3-4-17(12)14(13)18/h5-6,12,15H,2-4,7-8H2,1H3. The normalized spacial score (nSPS) is 21.2. The zero-order valence-corrected chi connectivity index (χ0v) is 11.0. The van der Waals surface area contributed by atoms with E-state index in [9.17, 15) is 9.70 Å². The Morgan fingerprint density at radius 2 is 2.32 bits per heavy atom. The number of carbonyl (C=O) groups is 1. The molecule has 3 rings (SSSR count). The predicted molar refractivity (Wildman–Crippen MR) is 72.0 cm³/mol. The second-order valence-corrected chi connectivity index (χ2v) is 5.08. The third-order valence-electron chi connectivity index (χ3n) is 4.03. The van der Waals surface area contributed by atoms with Crippen LogP contribution in [-0.2, 0) is 13.0 Å². The van der Waals surface area contributed by atoms with Gasteiger partial charge in [-0.1, -0.05) is 24.2 Å². The van der Waals surface area contributed by atoms with Crippen LogP contribution in [0.1, 0.15) is 40.0 Å². The van der Waals surface area contributed by atoms with E-state index in [1.165, 1.54) is 0 Å². The average molecular weight is 259 g/mol. The van der Waals surface area contributed by atoms with Crippen LogP contribution >= 0.6 is 0 Å². The monoisotopic (exact) mass is 259 g/mol. The summed E-state index contributed by atoms with van der Waals surface area (Å²) < 4.78 is 0. The highest BCUT2D eigenvalue weighted by Crippen LogP contribution is 2.37. The molecule has 1 saturated heterocycles. The Hall–Kier alpha value is -1.75. The van der Waals surface area contributed by atoms with Crippen molar-refractivity contribution in [2.45, 2.75) is 25.9 Å². The maximum atomic E-state index is 12.5. The Balaban J connectivity index is 2.14. The minimum absolute atomic E-state index is 0.0582. The zero-order chi connectivity index (χ0) is 13.4. The number of hydrogen-bond acceptors (Lipinski definition) is 4. The number of hydrogen-bond donors (Lipinski definition) is 1. The lowest BCUT2D eigenvalue weighted by Gasteiger charge is -2.30. The van der Waals surface area contributed by atoms with Gasteiger partial charge in [-0.15, -0.1) is 0 Å². The van der Waals surface area contributed by atoms with Crippen molar-refractivity contribution in [3.8, 4) is 0 Å². The molecule has 2 aliphatic heterocycles. The molecule has 0 aliphatic carbocycles. The molecule has 100 valence electrons. The van der Waals surface area contributed by atoms with Gasteiger partial charge in [-0.3, -0.25) is 4.79 Å². The summed E-state index contributed by atoms with van der Waals surface area (Å²) in [6.07, 6.45) is 0.896. The van der Waals surface area contributed by atoms with Crippen molar-refractivity contribution in [3.05, 3.63) is 39.3 Å². The lowest BCUT2D eigenvalue weighted by Crippen LogP contribution is -2.44. The Kier molecular flexibility index (Phi) is 3.06. The summed E-state index contributed by atoms with van der Waals surface area (Å²) in [4.78, 5) is 25.0. The lowest BCUT2D eigenvalue weighted by atomic mass is 9.95. The molecule has 1 aromatic carbocycles. The number of nitrogens with one attached hydrogen (secondary N) is 1. The van der Waals surface area contributed by atoms with Crippen LogP contribution in [0.25, 0.3) is 0 Å². The fourth-order valence-corrected chi connectivity index (χ4v) is 3.09. The number of fused-ring (bicyclic) bond motifs is 3. The van der Waals surface area contributed by atoms with E-state index >= 15 is 0 Å². The number of piperazine rings is 1. The van der Waals surface area contributed by atoms with Gasteiger partial charge in [0.15, 0.2) is 0 Å². The fourth-order valence-electron chi connectivity index (χ4n) is 3.09. The number of amides is 1. The first kappa shape index (κ1) is 12.3. The third kappa shape index (κ3) is 1.85. The van der Waals surface area contributed by atoms with E-state index in [4.69, 9.17) is 0 Å². The molecule has 0 saturated carbocycles.